The molecular weight excluding hydrogens is 246 g/mol. The molecule has 19 heavy (non-hydrogen) atoms. The first-order valence-corrected chi connectivity index (χ1v) is 5.86. The third-order valence-corrected chi connectivity index (χ3v) is 3.00. The molecule has 0 aromatic heterocycles. The van der Waals surface area contributed by atoms with Crippen molar-refractivity contribution in [2.45, 2.75) is 26.4 Å². The van der Waals surface area contributed by atoms with Crippen LogP contribution in [0.2, 0.25) is 0 Å². The first kappa shape index (κ1) is 13.1. The summed E-state index contributed by atoms with van der Waals surface area (Å²) < 4.78 is 5.22. The number of hydrogen-bond donors (Lipinski definition) is 2. The highest BCUT2D eigenvalue weighted by molar-refractivity contribution is 5.92. The van der Waals surface area contributed by atoms with E-state index in [2.05, 4.69) is 5.32 Å². The smallest absolute Gasteiger partial charge is 0.412 e. The Morgan fingerprint density at radius 3 is 2.74 bits per heavy atom. The van der Waals surface area contributed by atoms with Crippen LogP contribution in [0.5, 0.6) is 0 Å². The molecule has 2 N–H and O–H groups in total. The fraction of sp³-hybridized carbons (Fsp3) is 0.286. The van der Waals surface area contributed by atoms with Crippen molar-refractivity contribution >= 4 is 23.8 Å². The SMILES string of the molecule is C/C(=C/c1ccc2c(c1)C(C)(C)OC(=O)N2)C(=O)O. The van der Waals surface area contributed by atoms with Crippen molar-refractivity contribution < 1.29 is 19.4 Å². The van der Waals surface area contributed by atoms with E-state index < -0.39 is 17.7 Å². The molecule has 0 spiro atoms. The molecular formula is C14H15NO4. The number of carbonyl (C=O) groups excluding carboxylic acids is 1. The average Bonchev–Trinajstić information content (AvgIpc) is 2.28. The Morgan fingerprint density at radius 2 is 2.11 bits per heavy atom. The molecule has 0 unspecified atom stereocenters. The number of fused-ring (bicyclic) bond motifs is 1. The van der Waals surface area contributed by atoms with E-state index in [4.69, 9.17) is 9.84 Å². The Kier molecular flexibility index (Phi) is 3.06. The van der Waals surface area contributed by atoms with E-state index in [-0.39, 0.29) is 5.57 Å². The molecule has 0 radical (unpaired) electrons. The van der Waals surface area contributed by atoms with Gasteiger partial charge in [-0.15, -0.1) is 0 Å². The van der Waals surface area contributed by atoms with Gasteiger partial charge in [-0.25, -0.2) is 9.59 Å². The standard InChI is InChI=1S/C14H15NO4/c1-8(12(16)17)6-9-4-5-11-10(7-9)14(2,3)19-13(18)15-11/h4-7H,1-3H3,(H,15,18)(H,16,17)/b8-6-. The van der Waals surface area contributed by atoms with Crippen LogP contribution < -0.4 is 5.32 Å². The van der Waals surface area contributed by atoms with Crippen molar-refractivity contribution in [2.24, 2.45) is 0 Å². The minimum atomic E-state index is -0.957. The number of ether oxygens (including phenoxy) is 1. The summed E-state index contributed by atoms with van der Waals surface area (Å²) in [4.78, 5) is 22.2. The number of benzene rings is 1. The Morgan fingerprint density at radius 1 is 1.42 bits per heavy atom. The molecule has 1 aromatic rings. The molecule has 0 bridgehead atoms. The summed E-state index contributed by atoms with van der Waals surface area (Å²) in [7, 11) is 0. The number of cyclic esters (lactones) is 1. The van der Waals surface area contributed by atoms with Gasteiger partial charge in [-0.1, -0.05) is 6.07 Å². The number of carboxylic acid groups (broad SMARTS) is 1. The molecule has 100 valence electrons. The highest BCUT2D eigenvalue weighted by atomic mass is 16.6. The van der Waals surface area contributed by atoms with Gasteiger partial charge >= 0.3 is 12.1 Å². The Bertz CT molecular complexity index is 587. The average molecular weight is 261 g/mol. The molecule has 0 saturated heterocycles. The lowest BCUT2D eigenvalue weighted by Gasteiger charge is -2.32. The van der Waals surface area contributed by atoms with Crippen LogP contribution in [0.3, 0.4) is 0 Å². The van der Waals surface area contributed by atoms with Crippen LogP contribution in [-0.2, 0) is 15.1 Å². The molecule has 0 fully saturated rings. The molecule has 2 rings (SSSR count). The highest BCUT2D eigenvalue weighted by Crippen LogP contribution is 2.36. The van der Waals surface area contributed by atoms with Gasteiger partial charge in [-0.2, -0.15) is 0 Å². The minimum absolute atomic E-state index is 0.249. The summed E-state index contributed by atoms with van der Waals surface area (Å²) in [6.07, 6.45) is 1.09. The number of hydrogen-bond acceptors (Lipinski definition) is 3. The van der Waals surface area contributed by atoms with Gasteiger partial charge in [-0.05, 0) is 44.5 Å². The molecule has 5 nitrogen and oxygen atoms in total. The Labute approximate surface area is 110 Å². The zero-order valence-electron chi connectivity index (χ0n) is 11.0. The predicted octanol–water partition coefficient (Wildman–Crippen LogP) is 2.97. The van der Waals surface area contributed by atoms with Crippen LogP contribution >= 0.6 is 0 Å². The van der Waals surface area contributed by atoms with Crippen LogP contribution in [0, 0.1) is 0 Å². The zero-order valence-corrected chi connectivity index (χ0v) is 11.0. The van der Waals surface area contributed by atoms with Crippen LogP contribution in [0.25, 0.3) is 6.08 Å². The van der Waals surface area contributed by atoms with Crippen molar-refractivity contribution in [3.05, 3.63) is 34.9 Å². The number of rotatable bonds is 2. The number of aliphatic carboxylic acids is 1. The lowest BCUT2D eigenvalue weighted by atomic mass is 9.92. The van der Waals surface area contributed by atoms with E-state index in [1.54, 1.807) is 32.1 Å². The molecule has 1 amide bonds. The monoisotopic (exact) mass is 261 g/mol. The van der Waals surface area contributed by atoms with Gasteiger partial charge in [0.15, 0.2) is 0 Å². The summed E-state index contributed by atoms with van der Waals surface area (Å²) in [5.41, 5.74) is 1.77. The second-order valence-corrected chi connectivity index (χ2v) is 4.96. The largest absolute Gasteiger partial charge is 0.478 e. The van der Waals surface area contributed by atoms with Gasteiger partial charge in [0.1, 0.15) is 5.60 Å². The molecule has 0 saturated carbocycles. The van der Waals surface area contributed by atoms with Crippen LogP contribution in [-0.4, -0.2) is 17.2 Å². The van der Waals surface area contributed by atoms with Crippen LogP contribution in [0.15, 0.2) is 23.8 Å². The molecule has 5 heteroatoms. The third-order valence-electron chi connectivity index (χ3n) is 3.00. The van der Waals surface area contributed by atoms with Gasteiger partial charge in [0, 0.05) is 11.1 Å². The second kappa shape index (κ2) is 4.42. The maximum absolute atomic E-state index is 11.4. The number of nitrogens with one attached hydrogen (secondary N) is 1. The summed E-state index contributed by atoms with van der Waals surface area (Å²) >= 11 is 0. The van der Waals surface area contributed by atoms with E-state index in [0.29, 0.717) is 5.69 Å². The van der Waals surface area contributed by atoms with Crippen molar-refractivity contribution in [3.63, 3.8) is 0 Å². The zero-order chi connectivity index (χ0) is 14.2. The van der Waals surface area contributed by atoms with E-state index in [1.165, 1.54) is 6.92 Å². The Balaban J connectivity index is 2.47. The molecule has 0 atom stereocenters. The van der Waals surface area contributed by atoms with Gasteiger partial charge in [-0.3, -0.25) is 5.32 Å². The maximum Gasteiger partial charge on any atom is 0.412 e. The van der Waals surface area contributed by atoms with E-state index in [0.717, 1.165) is 11.1 Å². The van der Waals surface area contributed by atoms with Gasteiger partial charge in [0.25, 0.3) is 0 Å². The third kappa shape index (κ3) is 2.59. The molecule has 0 aliphatic carbocycles. The van der Waals surface area contributed by atoms with Gasteiger partial charge in [0.05, 0.1) is 5.69 Å². The number of anilines is 1. The summed E-state index contributed by atoms with van der Waals surface area (Å²) in [6.45, 7) is 5.12. The maximum atomic E-state index is 11.4. The van der Waals surface area contributed by atoms with E-state index in [1.807, 2.05) is 6.07 Å². The Hall–Kier alpha value is -2.30. The van der Waals surface area contributed by atoms with Crippen molar-refractivity contribution in [3.8, 4) is 0 Å². The first-order valence-electron chi connectivity index (χ1n) is 5.86. The normalized spacial score (nSPS) is 17.2. The minimum Gasteiger partial charge on any atom is -0.478 e. The van der Waals surface area contributed by atoms with Crippen LogP contribution in [0.4, 0.5) is 10.5 Å². The highest BCUT2D eigenvalue weighted by Gasteiger charge is 2.33. The van der Waals surface area contributed by atoms with Gasteiger partial charge < -0.3 is 9.84 Å². The van der Waals surface area contributed by atoms with Gasteiger partial charge in [0.2, 0.25) is 0 Å². The number of amides is 1. The number of carboxylic acids is 1. The quantitative estimate of drug-likeness (QED) is 0.802. The summed E-state index contributed by atoms with van der Waals surface area (Å²) in [5.74, 6) is -0.957. The van der Waals surface area contributed by atoms with E-state index >= 15 is 0 Å². The van der Waals surface area contributed by atoms with E-state index in [9.17, 15) is 9.59 Å². The summed E-state index contributed by atoms with van der Waals surface area (Å²) in [6, 6.07) is 5.33. The lowest BCUT2D eigenvalue weighted by molar-refractivity contribution is -0.132. The lowest BCUT2D eigenvalue weighted by Crippen LogP contribution is -2.34. The number of carbonyl (C=O) groups is 2. The molecule has 1 aliphatic heterocycles. The second-order valence-electron chi connectivity index (χ2n) is 4.96. The first-order chi connectivity index (χ1) is 8.79. The summed E-state index contributed by atoms with van der Waals surface area (Å²) in [5, 5.41) is 11.5. The predicted molar refractivity (Wildman–Crippen MR) is 70.9 cm³/mol. The molecule has 1 aromatic carbocycles. The van der Waals surface area contributed by atoms with Crippen molar-refractivity contribution in [2.75, 3.05) is 5.32 Å². The fourth-order valence-corrected chi connectivity index (χ4v) is 1.99. The van der Waals surface area contributed by atoms with Crippen molar-refractivity contribution in [1.82, 2.24) is 0 Å². The molecule has 1 heterocycles. The molecule has 1 aliphatic rings. The topological polar surface area (TPSA) is 75.6 Å². The van der Waals surface area contributed by atoms with Crippen LogP contribution in [0.1, 0.15) is 31.9 Å². The van der Waals surface area contributed by atoms with Crippen molar-refractivity contribution in [1.29, 1.82) is 0 Å². The fourth-order valence-electron chi connectivity index (χ4n) is 1.99.